The van der Waals surface area contributed by atoms with Gasteiger partial charge in [0.1, 0.15) is 5.78 Å². The summed E-state index contributed by atoms with van der Waals surface area (Å²) < 4.78 is 0. The molecule has 0 saturated carbocycles. The second-order valence-corrected chi connectivity index (χ2v) is 6.75. The van der Waals surface area contributed by atoms with Gasteiger partial charge in [0, 0.05) is 43.5 Å². The van der Waals surface area contributed by atoms with E-state index in [-0.39, 0.29) is 41.9 Å². The first-order valence-corrected chi connectivity index (χ1v) is 8.05. The lowest BCUT2D eigenvalue weighted by molar-refractivity contribution is -0.137. The molecule has 1 N–H and O–H groups in total. The van der Waals surface area contributed by atoms with Crippen molar-refractivity contribution >= 4 is 23.5 Å². The van der Waals surface area contributed by atoms with E-state index in [2.05, 4.69) is 5.32 Å². The minimum absolute atomic E-state index is 0.108. The smallest absolute Gasteiger partial charge is 0.253 e. The molecule has 6 heteroatoms. The summed E-state index contributed by atoms with van der Waals surface area (Å²) in [5.41, 5.74) is -0.284. The summed E-state index contributed by atoms with van der Waals surface area (Å²) in [7, 11) is 0. The van der Waals surface area contributed by atoms with Gasteiger partial charge >= 0.3 is 0 Å². The number of carbonyl (C=O) groups excluding carboxylic acids is 4. The molecule has 0 atom stereocenters. The molecule has 6 nitrogen and oxygen atoms in total. The molecule has 0 unspecified atom stereocenters. The average Bonchev–Trinajstić information content (AvgIpc) is 2.78. The van der Waals surface area contributed by atoms with Gasteiger partial charge in [0.05, 0.1) is 0 Å². The maximum atomic E-state index is 11.7. The fourth-order valence-corrected chi connectivity index (χ4v) is 2.14. The van der Waals surface area contributed by atoms with Gasteiger partial charge in [-0.15, -0.1) is 0 Å². The number of unbranched alkanes of at least 4 members (excludes halogenated alkanes) is 2. The van der Waals surface area contributed by atoms with E-state index in [0.29, 0.717) is 13.0 Å². The van der Waals surface area contributed by atoms with Gasteiger partial charge in [0.2, 0.25) is 5.91 Å². The molecular formula is C17H26N2O4. The van der Waals surface area contributed by atoms with Gasteiger partial charge in [-0.05, 0) is 12.8 Å². The number of imide groups is 1. The third kappa shape index (κ3) is 6.76. The van der Waals surface area contributed by atoms with Gasteiger partial charge in [-0.1, -0.05) is 27.2 Å². The molecule has 0 aliphatic carbocycles. The van der Waals surface area contributed by atoms with E-state index in [0.717, 1.165) is 24.2 Å². The Morgan fingerprint density at radius 3 is 2.17 bits per heavy atom. The maximum Gasteiger partial charge on any atom is 0.253 e. The molecule has 0 bridgehead atoms. The first kappa shape index (κ1) is 19.1. The van der Waals surface area contributed by atoms with Crippen LogP contribution in [0.3, 0.4) is 0 Å². The highest BCUT2D eigenvalue weighted by atomic mass is 16.2. The van der Waals surface area contributed by atoms with Gasteiger partial charge < -0.3 is 5.32 Å². The molecule has 1 heterocycles. The predicted octanol–water partition coefficient (Wildman–Crippen LogP) is 1.59. The molecule has 0 radical (unpaired) electrons. The van der Waals surface area contributed by atoms with Crippen molar-refractivity contribution in [3.63, 3.8) is 0 Å². The Morgan fingerprint density at radius 1 is 1.00 bits per heavy atom. The molecule has 0 aromatic heterocycles. The average molecular weight is 322 g/mol. The topological polar surface area (TPSA) is 83.6 Å². The van der Waals surface area contributed by atoms with E-state index in [1.165, 1.54) is 12.2 Å². The minimum Gasteiger partial charge on any atom is -0.356 e. The van der Waals surface area contributed by atoms with Crippen LogP contribution in [0.15, 0.2) is 12.2 Å². The predicted molar refractivity (Wildman–Crippen MR) is 86.4 cm³/mol. The SMILES string of the molecule is CC(C)(C)C(=O)CCCCCNC(=O)CCN1C(=O)C=CC1=O. The molecule has 1 aliphatic heterocycles. The molecule has 0 saturated heterocycles. The normalized spacial score (nSPS) is 14.5. The highest BCUT2D eigenvalue weighted by Gasteiger charge is 2.23. The number of hydrogen-bond acceptors (Lipinski definition) is 4. The van der Waals surface area contributed by atoms with Crippen LogP contribution in [0.2, 0.25) is 0 Å². The summed E-state index contributed by atoms with van der Waals surface area (Å²) in [6.45, 7) is 6.40. The zero-order chi connectivity index (χ0) is 17.5. The minimum atomic E-state index is -0.369. The van der Waals surface area contributed by atoms with Crippen LogP contribution in [0.1, 0.15) is 52.9 Å². The Labute approximate surface area is 137 Å². The standard InChI is InChI=1S/C17H26N2O4/c1-17(2,3)13(20)7-5-4-6-11-18-14(21)10-12-19-15(22)8-9-16(19)23/h8-9H,4-7,10-12H2,1-3H3,(H,18,21). The number of nitrogens with zero attached hydrogens (tertiary/aromatic N) is 1. The lowest BCUT2D eigenvalue weighted by Gasteiger charge is -2.16. The van der Waals surface area contributed by atoms with E-state index in [4.69, 9.17) is 0 Å². The van der Waals surface area contributed by atoms with Crippen LogP contribution >= 0.6 is 0 Å². The monoisotopic (exact) mass is 322 g/mol. The van der Waals surface area contributed by atoms with Crippen molar-refractivity contribution in [1.82, 2.24) is 10.2 Å². The number of rotatable bonds is 9. The fraction of sp³-hybridized carbons (Fsp3) is 0.647. The second-order valence-electron chi connectivity index (χ2n) is 6.75. The van der Waals surface area contributed by atoms with Crippen LogP contribution in [0.25, 0.3) is 0 Å². The van der Waals surface area contributed by atoms with Gasteiger partial charge in [0.15, 0.2) is 0 Å². The molecule has 3 amide bonds. The number of Topliss-reactive ketones (excluding diaryl/α,β-unsaturated/α-hetero) is 1. The van der Waals surface area contributed by atoms with Gasteiger partial charge in [0.25, 0.3) is 11.8 Å². The lowest BCUT2D eigenvalue weighted by atomic mass is 9.88. The van der Waals surface area contributed by atoms with E-state index < -0.39 is 0 Å². The van der Waals surface area contributed by atoms with Gasteiger partial charge in [-0.2, -0.15) is 0 Å². The highest BCUT2D eigenvalue weighted by molar-refractivity contribution is 6.13. The van der Waals surface area contributed by atoms with E-state index in [1.807, 2.05) is 20.8 Å². The number of hydrogen-bond donors (Lipinski definition) is 1. The van der Waals surface area contributed by atoms with Crippen LogP contribution in [0, 0.1) is 5.41 Å². The lowest BCUT2D eigenvalue weighted by Crippen LogP contribution is -2.34. The van der Waals surface area contributed by atoms with Crippen LogP contribution in [-0.4, -0.2) is 41.5 Å². The molecule has 0 spiro atoms. The first-order valence-electron chi connectivity index (χ1n) is 8.05. The van der Waals surface area contributed by atoms with Crippen LogP contribution < -0.4 is 5.32 Å². The Balaban J connectivity index is 2.06. The zero-order valence-corrected chi connectivity index (χ0v) is 14.2. The molecule has 0 aromatic rings. The molecule has 128 valence electrons. The fourth-order valence-electron chi connectivity index (χ4n) is 2.14. The summed E-state index contributed by atoms with van der Waals surface area (Å²) >= 11 is 0. The summed E-state index contributed by atoms with van der Waals surface area (Å²) in [5.74, 6) is -0.656. The van der Waals surface area contributed by atoms with Crippen molar-refractivity contribution < 1.29 is 19.2 Å². The Morgan fingerprint density at radius 2 is 1.61 bits per heavy atom. The zero-order valence-electron chi connectivity index (χ0n) is 14.2. The number of nitrogens with one attached hydrogen (secondary N) is 1. The summed E-state index contributed by atoms with van der Waals surface area (Å²) in [6.07, 6.45) is 5.62. The number of ketones is 1. The third-order valence-corrected chi connectivity index (χ3v) is 3.70. The summed E-state index contributed by atoms with van der Waals surface area (Å²) in [6, 6.07) is 0. The second kappa shape index (κ2) is 8.60. The Hall–Kier alpha value is -1.98. The van der Waals surface area contributed by atoms with Gasteiger partial charge in [-0.25, -0.2) is 0 Å². The van der Waals surface area contributed by atoms with Crippen LogP contribution in [0.4, 0.5) is 0 Å². The highest BCUT2D eigenvalue weighted by Crippen LogP contribution is 2.18. The van der Waals surface area contributed by atoms with Crippen molar-refractivity contribution in [2.45, 2.75) is 52.9 Å². The Bertz CT molecular complexity index is 485. The van der Waals surface area contributed by atoms with E-state index in [1.54, 1.807) is 0 Å². The molecule has 1 rings (SSSR count). The van der Waals surface area contributed by atoms with E-state index >= 15 is 0 Å². The largest absolute Gasteiger partial charge is 0.356 e. The molecule has 0 aromatic carbocycles. The van der Waals surface area contributed by atoms with E-state index in [9.17, 15) is 19.2 Å². The molecule has 1 aliphatic rings. The summed E-state index contributed by atoms with van der Waals surface area (Å²) in [4.78, 5) is 47.1. The van der Waals surface area contributed by atoms with Crippen molar-refractivity contribution in [2.24, 2.45) is 5.41 Å². The van der Waals surface area contributed by atoms with Crippen molar-refractivity contribution in [3.05, 3.63) is 12.2 Å². The Kier molecular flexibility index (Phi) is 7.13. The summed E-state index contributed by atoms with van der Waals surface area (Å²) in [5, 5.41) is 2.76. The molecular weight excluding hydrogens is 296 g/mol. The molecule has 0 fully saturated rings. The van der Waals surface area contributed by atoms with Crippen molar-refractivity contribution in [1.29, 1.82) is 0 Å². The first-order chi connectivity index (χ1) is 10.7. The molecule has 23 heavy (non-hydrogen) atoms. The quantitative estimate of drug-likeness (QED) is 0.516. The number of carbonyl (C=O) groups is 4. The maximum absolute atomic E-state index is 11.7. The van der Waals surface area contributed by atoms with Crippen molar-refractivity contribution in [3.8, 4) is 0 Å². The van der Waals surface area contributed by atoms with Gasteiger partial charge in [-0.3, -0.25) is 24.1 Å². The number of amides is 3. The van der Waals surface area contributed by atoms with Crippen molar-refractivity contribution in [2.75, 3.05) is 13.1 Å². The third-order valence-electron chi connectivity index (χ3n) is 3.70. The van der Waals surface area contributed by atoms with Crippen LogP contribution in [0.5, 0.6) is 0 Å². The van der Waals surface area contributed by atoms with Crippen LogP contribution in [-0.2, 0) is 19.2 Å².